The Morgan fingerprint density at radius 2 is 2.05 bits per heavy atom. The molecule has 3 nitrogen and oxygen atoms in total. The molecule has 1 fully saturated rings. The molecule has 1 rings (SSSR count). The third-order valence-corrected chi connectivity index (χ3v) is 5.23. The zero-order chi connectivity index (χ0) is 16.1. The molecule has 0 heterocycles. The summed E-state index contributed by atoms with van der Waals surface area (Å²) in [5.41, 5.74) is 0.236. The lowest BCUT2D eigenvalue weighted by atomic mass is 9.69. The molecule has 2 N–H and O–H groups in total. The first kappa shape index (κ1) is 18.9. The molecule has 2 atom stereocenters. The van der Waals surface area contributed by atoms with Crippen LogP contribution in [0.3, 0.4) is 0 Å². The number of aliphatic hydroxyl groups is 1. The molecule has 0 aromatic carbocycles. The number of hydrogen-bond acceptors (Lipinski definition) is 3. The van der Waals surface area contributed by atoms with Crippen LogP contribution in [0, 0.1) is 17.3 Å². The topological polar surface area (TPSA) is 35.5 Å². The zero-order valence-electron chi connectivity index (χ0n) is 15.2. The summed E-state index contributed by atoms with van der Waals surface area (Å²) >= 11 is 0. The van der Waals surface area contributed by atoms with E-state index in [1.165, 1.54) is 25.7 Å². The molecule has 126 valence electrons. The van der Waals surface area contributed by atoms with Crippen LogP contribution in [0.2, 0.25) is 0 Å². The summed E-state index contributed by atoms with van der Waals surface area (Å²) in [7, 11) is 2.17. The lowest BCUT2D eigenvalue weighted by Gasteiger charge is -2.46. The molecule has 1 aliphatic rings. The van der Waals surface area contributed by atoms with Crippen LogP contribution in [-0.2, 0) is 0 Å². The number of aliphatic hydroxyl groups excluding tert-OH is 1. The Balaban J connectivity index is 2.72. The van der Waals surface area contributed by atoms with Gasteiger partial charge in [0.25, 0.3) is 0 Å². The normalized spacial score (nSPS) is 27.6. The molecule has 0 spiro atoms. The predicted molar refractivity (Wildman–Crippen MR) is 91.6 cm³/mol. The standard InChI is InChI=1S/C18H38N2O/c1-15(2)11-19-12-18(9-7-8-16(3)10-18)13-20(6)17(4,5)14-21/h15-16,19,21H,7-14H2,1-6H3. The molecule has 1 aliphatic carbocycles. The lowest BCUT2D eigenvalue weighted by Crippen LogP contribution is -2.53. The summed E-state index contributed by atoms with van der Waals surface area (Å²) in [6.07, 6.45) is 5.34. The van der Waals surface area contributed by atoms with Crippen molar-refractivity contribution in [3.05, 3.63) is 0 Å². The molecule has 0 saturated heterocycles. The van der Waals surface area contributed by atoms with E-state index in [9.17, 15) is 5.11 Å². The molecule has 0 aliphatic heterocycles. The minimum Gasteiger partial charge on any atom is -0.394 e. The van der Waals surface area contributed by atoms with Crippen molar-refractivity contribution in [3.63, 3.8) is 0 Å². The van der Waals surface area contributed by atoms with Gasteiger partial charge in [0.2, 0.25) is 0 Å². The van der Waals surface area contributed by atoms with Crippen molar-refractivity contribution < 1.29 is 5.11 Å². The maximum absolute atomic E-state index is 9.62. The van der Waals surface area contributed by atoms with Crippen LogP contribution in [0.4, 0.5) is 0 Å². The van der Waals surface area contributed by atoms with Crippen molar-refractivity contribution in [2.24, 2.45) is 17.3 Å². The largest absolute Gasteiger partial charge is 0.394 e. The first-order chi connectivity index (χ1) is 9.71. The molecule has 2 unspecified atom stereocenters. The van der Waals surface area contributed by atoms with Crippen molar-refractivity contribution in [2.75, 3.05) is 33.3 Å². The zero-order valence-corrected chi connectivity index (χ0v) is 15.2. The minimum absolute atomic E-state index is 0.133. The van der Waals surface area contributed by atoms with Gasteiger partial charge in [-0.1, -0.05) is 33.6 Å². The fraction of sp³-hybridized carbons (Fsp3) is 1.00. The molecule has 0 aromatic rings. The van der Waals surface area contributed by atoms with E-state index in [1.807, 2.05) is 0 Å². The SMILES string of the molecule is CC(C)CNCC1(CN(C)C(C)(C)CO)CCCC(C)C1. The van der Waals surface area contributed by atoms with Crippen molar-refractivity contribution in [1.29, 1.82) is 0 Å². The van der Waals surface area contributed by atoms with Crippen LogP contribution in [-0.4, -0.2) is 48.8 Å². The fourth-order valence-corrected chi connectivity index (χ4v) is 3.59. The highest BCUT2D eigenvalue weighted by Crippen LogP contribution is 2.40. The summed E-state index contributed by atoms with van der Waals surface area (Å²) in [6.45, 7) is 14.7. The van der Waals surface area contributed by atoms with E-state index in [2.05, 4.69) is 51.9 Å². The predicted octanol–water partition coefficient (Wildman–Crippen LogP) is 3.13. The fourth-order valence-electron chi connectivity index (χ4n) is 3.59. The molecule has 0 amide bonds. The molecule has 21 heavy (non-hydrogen) atoms. The number of rotatable bonds is 8. The summed E-state index contributed by atoms with van der Waals surface area (Å²) in [5.74, 6) is 1.53. The Hall–Kier alpha value is -0.120. The van der Waals surface area contributed by atoms with Gasteiger partial charge in [-0.3, -0.25) is 4.90 Å². The third-order valence-electron chi connectivity index (χ3n) is 5.23. The van der Waals surface area contributed by atoms with Crippen LogP contribution >= 0.6 is 0 Å². The quantitative estimate of drug-likeness (QED) is 0.722. The van der Waals surface area contributed by atoms with Crippen LogP contribution in [0.25, 0.3) is 0 Å². The Kier molecular flexibility index (Phi) is 7.15. The number of nitrogens with zero attached hydrogens (tertiary/aromatic N) is 1. The average Bonchev–Trinajstić information content (AvgIpc) is 2.38. The molecule has 3 heteroatoms. The van der Waals surface area contributed by atoms with Gasteiger partial charge in [-0.05, 0) is 57.5 Å². The van der Waals surface area contributed by atoms with E-state index in [0.717, 1.165) is 25.6 Å². The second-order valence-electron chi connectivity index (χ2n) is 8.55. The molecule has 0 aromatic heterocycles. The summed E-state index contributed by atoms with van der Waals surface area (Å²) < 4.78 is 0. The first-order valence-electron chi connectivity index (χ1n) is 8.73. The lowest BCUT2D eigenvalue weighted by molar-refractivity contribution is 0.0172. The minimum atomic E-state index is -0.133. The smallest absolute Gasteiger partial charge is 0.0609 e. The van der Waals surface area contributed by atoms with Gasteiger partial charge in [0, 0.05) is 18.6 Å². The van der Waals surface area contributed by atoms with E-state index in [4.69, 9.17) is 0 Å². The van der Waals surface area contributed by atoms with Crippen LogP contribution in [0.5, 0.6) is 0 Å². The Labute approximate surface area is 132 Å². The third kappa shape index (κ3) is 5.88. The van der Waals surface area contributed by atoms with Crippen LogP contribution < -0.4 is 5.32 Å². The highest BCUT2D eigenvalue weighted by molar-refractivity contribution is 4.92. The monoisotopic (exact) mass is 298 g/mol. The maximum Gasteiger partial charge on any atom is 0.0609 e. The van der Waals surface area contributed by atoms with Crippen molar-refractivity contribution in [2.45, 2.75) is 65.8 Å². The van der Waals surface area contributed by atoms with Crippen molar-refractivity contribution in [3.8, 4) is 0 Å². The van der Waals surface area contributed by atoms with Gasteiger partial charge in [0.1, 0.15) is 0 Å². The van der Waals surface area contributed by atoms with E-state index >= 15 is 0 Å². The molecule has 0 bridgehead atoms. The van der Waals surface area contributed by atoms with Gasteiger partial charge in [-0.15, -0.1) is 0 Å². The van der Waals surface area contributed by atoms with Gasteiger partial charge in [-0.2, -0.15) is 0 Å². The number of nitrogens with one attached hydrogen (secondary N) is 1. The summed E-state index contributed by atoms with van der Waals surface area (Å²) in [6, 6.07) is 0. The van der Waals surface area contributed by atoms with Crippen LogP contribution in [0.15, 0.2) is 0 Å². The van der Waals surface area contributed by atoms with E-state index in [0.29, 0.717) is 11.3 Å². The van der Waals surface area contributed by atoms with Gasteiger partial charge < -0.3 is 10.4 Å². The molecular weight excluding hydrogens is 260 g/mol. The number of likely N-dealkylation sites (N-methyl/N-ethyl adjacent to an activating group) is 1. The van der Waals surface area contributed by atoms with E-state index in [1.54, 1.807) is 0 Å². The highest BCUT2D eigenvalue weighted by Gasteiger charge is 2.38. The van der Waals surface area contributed by atoms with Gasteiger partial charge >= 0.3 is 0 Å². The van der Waals surface area contributed by atoms with Crippen LogP contribution in [0.1, 0.15) is 60.3 Å². The molecule has 1 saturated carbocycles. The Bertz CT molecular complexity index is 304. The second-order valence-corrected chi connectivity index (χ2v) is 8.55. The van der Waals surface area contributed by atoms with Gasteiger partial charge in [-0.25, -0.2) is 0 Å². The second kappa shape index (κ2) is 7.94. The average molecular weight is 299 g/mol. The van der Waals surface area contributed by atoms with Gasteiger partial charge in [0.05, 0.1) is 6.61 Å². The van der Waals surface area contributed by atoms with E-state index in [-0.39, 0.29) is 12.1 Å². The molecule has 0 radical (unpaired) electrons. The highest BCUT2D eigenvalue weighted by atomic mass is 16.3. The summed E-state index contributed by atoms with van der Waals surface area (Å²) in [4.78, 5) is 2.36. The summed E-state index contributed by atoms with van der Waals surface area (Å²) in [5, 5.41) is 13.3. The maximum atomic E-state index is 9.62. The Morgan fingerprint density at radius 3 is 2.57 bits per heavy atom. The van der Waals surface area contributed by atoms with Crippen molar-refractivity contribution in [1.82, 2.24) is 10.2 Å². The number of hydrogen-bond donors (Lipinski definition) is 2. The van der Waals surface area contributed by atoms with E-state index < -0.39 is 0 Å². The Morgan fingerprint density at radius 1 is 1.38 bits per heavy atom. The first-order valence-corrected chi connectivity index (χ1v) is 8.73. The van der Waals surface area contributed by atoms with Gasteiger partial charge in [0.15, 0.2) is 0 Å². The van der Waals surface area contributed by atoms with Crippen molar-refractivity contribution >= 4 is 0 Å². The molecular formula is C18H38N2O.